The van der Waals surface area contributed by atoms with E-state index in [4.69, 9.17) is 23.1 Å². The molecule has 0 radical (unpaired) electrons. The lowest BCUT2D eigenvalue weighted by Crippen LogP contribution is -2.32. The van der Waals surface area contributed by atoms with Crippen LogP contribution in [0.25, 0.3) is 10.8 Å². The van der Waals surface area contributed by atoms with Crippen LogP contribution in [0.4, 0.5) is 5.69 Å². The average Bonchev–Trinajstić information content (AvgIpc) is 3.24. The van der Waals surface area contributed by atoms with Crippen molar-refractivity contribution in [2.75, 3.05) is 5.01 Å². The van der Waals surface area contributed by atoms with Gasteiger partial charge in [-0.05, 0) is 41.2 Å². The summed E-state index contributed by atoms with van der Waals surface area (Å²) in [5.41, 5.74) is 8.65. The molecular weight excluding hydrogens is 366 g/mol. The number of aromatic nitrogens is 2. The minimum absolute atomic E-state index is 0.190. The van der Waals surface area contributed by atoms with Gasteiger partial charge in [0.1, 0.15) is 0 Å². The molecule has 4 rings (SSSR count). The van der Waals surface area contributed by atoms with Crippen LogP contribution < -0.4 is 10.7 Å². The summed E-state index contributed by atoms with van der Waals surface area (Å²) in [6.07, 6.45) is 5.43. The number of rotatable bonds is 5. The van der Waals surface area contributed by atoms with Crippen LogP contribution in [0.1, 0.15) is 5.56 Å². The fraction of sp³-hybridized carbons (Fsp3) is 0.0455. The van der Waals surface area contributed by atoms with E-state index in [1.165, 1.54) is 5.39 Å². The van der Waals surface area contributed by atoms with Gasteiger partial charge in [-0.2, -0.15) is 5.10 Å². The van der Waals surface area contributed by atoms with Crippen molar-refractivity contribution < 1.29 is 0 Å². The predicted octanol–water partition coefficient (Wildman–Crippen LogP) is 4.19. The van der Waals surface area contributed by atoms with Crippen LogP contribution in [-0.4, -0.2) is 20.4 Å². The highest BCUT2D eigenvalue weighted by Crippen LogP contribution is 2.19. The first kappa shape index (κ1) is 17.9. The molecule has 0 aliphatic rings. The zero-order chi connectivity index (χ0) is 19.3. The van der Waals surface area contributed by atoms with E-state index < -0.39 is 0 Å². The lowest BCUT2D eigenvalue weighted by atomic mass is 10.0. The number of hydrogen-bond acceptors (Lipinski definition) is 3. The molecule has 6 heteroatoms. The molecule has 0 amide bonds. The van der Waals surface area contributed by atoms with E-state index in [1.54, 1.807) is 17.5 Å². The first-order valence-corrected chi connectivity index (χ1v) is 9.28. The summed E-state index contributed by atoms with van der Waals surface area (Å²) in [7, 11) is 0. The van der Waals surface area contributed by atoms with Gasteiger partial charge in [-0.15, -0.1) is 0 Å². The fourth-order valence-electron chi connectivity index (χ4n) is 3.03. The lowest BCUT2D eigenvalue weighted by molar-refractivity contribution is 0.845. The molecule has 0 saturated carbocycles. The second kappa shape index (κ2) is 8.02. The number of thiocarbonyl (C=S) groups is 1. The molecule has 0 aliphatic heterocycles. The molecule has 0 spiro atoms. The monoisotopic (exact) mass is 385 g/mol. The van der Waals surface area contributed by atoms with Gasteiger partial charge in [0, 0.05) is 18.0 Å². The SMILES string of the molecule is NC(=S)N(N=C(Cn1ccnc1)c1ccc2ccccc2c1)c1ccccc1. The maximum atomic E-state index is 5.99. The number of hydrogen-bond donors (Lipinski definition) is 1. The molecule has 5 nitrogen and oxygen atoms in total. The number of anilines is 1. The molecular formula is C22H19N5S. The van der Waals surface area contributed by atoms with E-state index in [1.807, 2.05) is 53.2 Å². The van der Waals surface area contributed by atoms with Crippen molar-refractivity contribution in [2.45, 2.75) is 6.54 Å². The number of nitrogens with zero attached hydrogens (tertiary/aromatic N) is 4. The molecule has 2 N–H and O–H groups in total. The highest BCUT2D eigenvalue weighted by atomic mass is 32.1. The summed E-state index contributed by atoms with van der Waals surface area (Å²) in [6, 6.07) is 24.2. The molecule has 4 aromatic rings. The van der Waals surface area contributed by atoms with Crippen LogP contribution in [0.15, 0.2) is 96.6 Å². The number of para-hydroxylation sites is 1. The summed E-state index contributed by atoms with van der Waals surface area (Å²) >= 11 is 5.27. The maximum Gasteiger partial charge on any atom is 0.191 e. The Labute approximate surface area is 168 Å². The van der Waals surface area contributed by atoms with Crippen molar-refractivity contribution in [2.24, 2.45) is 10.8 Å². The zero-order valence-electron chi connectivity index (χ0n) is 15.1. The number of fused-ring (bicyclic) bond motifs is 1. The minimum Gasteiger partial charge on any atom is -0.374 e. The summed E-state index contributed by atoms with van der Waals surface area (Å²) in [6.45, 7) is 0.546. The molecule has 0 unspecified atom stereocenters. The summed E-state index contributed by atoms with van der Waals surface area (Å²) in [5, 5.41) is 8.95. The van der Waals surface area contributed by atoms with Crippen molar-refractivity contribution in [3.8, 4) is 0 Å². The van der Waals surface area contributed by atoms with E-state index in [0.717, 1.165) is 22.3 Å². The molecule has 1 aromatic heterocycles. The number of benzene rings is 3. The number of nitrogens with two attached hydrogens (primary N) is 1. The van der Waals surface area contributed by atoms with Gasteiger partial charge in [-0.25, -0.2) is 9.99 Å². The molecule has 0 aliphatic carbocycles. The topological polar surface area (TPSA) is 59.4 Å². The highest BCUT2D eigenvalue weighted by Gasteiger charge is 2.13. The molecule has 0 bridgehead atoms. The summed E-state index contributed by atoms with van der Waals surface area (Å²) < 4.78 is 1.97. The van der Waals surface area contributed by atoms with Crippen LogP contribution in [0.2, 0.25) is 0 Å². The van der Waals surface area contributed by atoms with Gasteiger partial charge in [0.25, 0.3) is 0 Å². The van der Waals surface area contributed by atoms with Crippen molar-refractivity contribution in [1.29, 1.82) is 0 Å². The lowest BCUT2D eigenvalue weighted by Gasteiger charge is -2.19. The zero-order valence-corrected chi connectivity index (χ0v) is 16.0. The minimum atomic E-state index is 0.190. The Kier molecular flexibility index (Phi) is 5.12. The fourth-order valence-corrected chi connectivity index (χ4v) is 3.17. The third kappa shape index (κ3) is 3.92. The van der Waals surface area contributed by atoms with E-state index in [9.17, 15) is 0 Å². The van der Waals surface area contributed by atoms with E-state index in [2.05, 4.69) is 35.3 Å². The van der Waals surface area contributed by atoms with Crippen molar-refractivity contribution in [3.05, 3.63) is 97.1 Å². The van der Waals surface area contributed by atoms with Crippen molar-refractivity contribution in [1.82, 2.24) is 9.55 Å². The van der Waals surface area contributed by atoms with E-state index in [-0.39, 0.29) is 5.11 Å². The normalized spacial score (nSPS) is 11.5. The van der Waals surface area contributed by atoms with Gasteiger partial charge in [0.15, 0.2) is 5.11 Å². The highest BCUT2D eigenvalue weighted by molar-refractivity contribution is 7.80. The Morgan fingerprint density at radius 2 is 1.75 bits per heavy atom. The van der Waals surface area contributed by atoms with Gasteiger partial charge in [-0.3, -0.25) is 0 Å². The van der Waals surface area contributed by atoms with Gasteiger partial charge < -0.3 is 10.3 Å². The largest absolute Gasteiger partial charge is 0.374 e. The molecule has 0 fully saturated rings. The molecule has 0 atom stereocenters. The van der Waals surface area contributed by atoms with Gasteiger partial charge in [0.2, 0.25) is 0 Å². The second-order valence-electron chi connectivity index (χ2n) is 6.33. The first-order chi connectivity index (χ1) is 13.7. The van der Waals surface area contributed by atoms with Crippen molar-refractivity contribution >= 4 is 39.5 Å². The van der Waals surface area contributed by atoms with E-state index in [0.29, 0.717) is 6.54 Å². The summed E-state index contributed by atoms with van der Waals surface area (Å²) in [5.74, 6) is 0. The molecule has 0 saturated heterocycles. The van der Waals surface area contributed by atoms with Crippen LogP contribution in [0.5, 0.6) is 0 Å². The van der Waals surface area contributed by atoms with Gasteiger partial charge in [-0.1, -0.05) is 54.6 Å². The Morgan fingerprint density at radius 1 is 1.00 bits per heavy atom. The van der Waals surface area contributed by atoms with Gasteiger partial charge in [0.05, 0.1) is 24.3 Å². The third-order valence-corrected chi connectivity index (χ3v) is 4.58. The van der Waals surface area contributed by atoms with Crippen LogP contribution in [-0.2, 0) is 6.54 Å². The van der Waals surface area contributed by atoms with Crippen LogP contribution in [0.3, 0.4) is 0 Å². The Balaban J connectivity index is 1.81. The smallest absolute Gasteiger partial charge is 0.191 e. The second-order valence-corrected chi connectivity index (χ2v) is 6.75. The average molecular weight is 385 g/mol. The Bertz CT molecular complexity index is 1120. The maximum absolute atomic E-state index is 5.99. The first-order valence-electron chi connectivity index (χ1n) is 8.88. The third-order valence-electron chi connectivity index (χ3n) is 4.40. The van der Waals surface area contributed by atoms with Crippen LogP contribution in [0, 0.1) is 0 Å². The molecule has 28 heavy (non-hydrogen) atoms. The van der Waals surface area contributed by atoms with Gasteiger partial charge >= 0.3 is 0 Å². The quantitative estimate of drug-likeness (QED) is 0.318. The summed E-state index contributed by atoms with van der Waals surface area (Å²) in [4.78, 5) is 4.14. The predicted molar refractivity (Wildman–Crippen MR) is 118 cm³/mol. The van der Waals surface area contributed by atoms with Crippen molar-refractivity contribution in [3.63, 3.8) is 0 Å². The Morgan fingerprint density at radius 3 is 2.46 bits per heavy atom. The Hall–Kier alpha value is -3.51. The molecule has 3 aromatic carbocycles. The van der Waals surface area contributed by atoms with Crippen LogP contribution >= 0.6 is 12.2 Å². The molecule has 1 heterocycles. The molecule has 138 valence electrons. The van der Waals surface area contributed by atoms with E-state index >= 15 is 0 Å². The number of imidazole rings is 1. The number of hydrazone groups is 1. The standard InChI is InChI=1S/C22H19N5S/c23-22(28)27(20-8-2-1-3-9-20)25-21(15-26-13-12-24-16-26)19-11-10-17-6-4-5-7-18(17)14-19/h1-14,16H,15H2,(H2,23,28).